The van der Waals surface area contributed by atoms with E-state index in [0.29, 0.717) is 38.5 Å². The van der Waals surface area contributed by atoms with Crippen molar-refractivity contribution in [2.75, 3.05) is 67.7 Å². The van der Waals surface area contributed by atoms with Crippen molar-refractivity contribution < 1.29 is 55.1 Å². The molecule has 4 amide bonds. The highest BCUT2D eigenvalue weighted by atomic mass is 32.2. The fourth-order valence-electron chi connectivity index (χ4n) is 5.32. The first kappa shape index (κ1) is 66.0. The van der Waals surface area contributed by atoms with Gasteiger partial charge in [-0.15, -0.1) is 0 Å². The lowest BCUT2D eigenvalue weighted by Gasteiger charge is -2.28. The highest BCUT2D eigenvalue weighted by Gasteiger charge is 2.36. The van der Waals surface area contributed by atoms with E-state index in [1.54, 1.807) is 40.1 Å². The minimum Gasteiger partial charge on any atom is -0.512 e. The van der Waals surface area contributed by atoms with E-state index in [-0.39, 0.29) is 66.6 Å². The van der Waals surface area contributed by atoms with Gasteiger partial charge in [-0.3, -0.25) is 14.4 Å². The number of nitrogens with zero attached hydrogens (tertiary/aromatic N) is 1. The summed E-state index contributed by atoms with van der Waals surface area (Å²) in [6, 6.07) is 20.5. The summed E-state index contributed by atoms with van der Waals surface area (Å²) in [5.41, 5.74) is 0. The maximum absolute atomic E-state index is 12.0. The van der Waals surface area contributed by atoms with E-state index in [1.165, 1.54) is 0 Å². The van der Waals surface area contributed by atoms with Gasteiger partial charge in [-0.1, -0.05) is 84.9 Å². The average Bonchev–Trinajstić information content (AvgIpc) is 3.34. The Morgan fingerprint density at radius 2 is 1.12 bits per heavy atom. The Morgan fingerprint density at radius 3 is 1.54 bits per heavy atom. The molecule has 0 aliphatic rings. The fourth-order valence-corrected chi connectivity index (χ4v) is 10.2. The molecule has 0 fully saturated rings. The number of sulfonamides is 1. The maximum atomic E-state index is 12.0. The molecule has 392 valence electrons. The van der Waals surface area contributed by atoms with Gasteiger partial charge in [0.2, 0.25) is 21.8 Å². The van der Waals surface area contributed by atoms with Crippen LogP contribution in [0.3, 0.4) is 0 Å². The number of nitrogens with one attached hydrogen (secondary N) is 4. The summed E-state index contributed by atoms with van der Waals surface area (Å²) in [6.07, 6.45) is 4.57. The second kappa shape index (κ2) is 37.8. The number of aliphatic hydroxyl groups excluding tert-OH is 1. The summed E-state index contributed by atoms with van der Waals surface area (Å²) in [5.74, 6) is 1.67. The lowest BCUT2D eigenvalue weighted by Crippen LogP contribution is -2.46. The summed E-state index contributed by atoms with van der Waals surface area (Å²) in [4.78, 5) is 47.1. The fraction of sp³-hybridized carbons (Fsp3) is 0.667. The molecule has 2 aromatic rings. The summed E-state index contributed by atoms with van der Waals surface area (Å²) in [7, 11) is -0.964. The van der Waals surface area contributed by atoms with Crippen molar-refractivity contribution in [1.29, 1.82) is 0 Å². The number of hydrogen-bond acceptors (Lipinski definition) is 12. The largest absolute Gasteiger partial charge is 0.512 e. The number of esters is 1. The SMILES string of the molecule is CCC(C)C(=O)N(C)C.CCC(C)C(=O)NCCO.CCC(C)C(=O)OCCNC(=O)NCCC[Si](C)(Oc1ccccc1)Oc1ccccc1.CCC(C)S(=O)(=O)NCCC[Si](C)(OC)OC. The molecule has 68 heavy (non-hydrogen) atoms. The van der Waals surface area contributed by atoms with Crippen LogP contribution in [0.1, 0.15) is 93.9 Å². The molecule has 0 saturated heterocycles. The van der Waals surface area contributed by atoms with E-state index in [2.05, 4.69) is 20.7 Å². The first-order valence-electron chi connectivity index (χ1n) is 23.9. The number of carbonyl (C=O) groups excluding carboxylic acids is 4. The molecule has 0 aliphatic heterocycles. The van der Waals surface area contributed by atoms with Gasteiger partial charge in [0.1, 0.15) is 18.1 Å². The number of aliphatic hydroxyl groups is 1. The molecule has 0 saturated carbocycles. The highest BCUT2D eigenvalue weighted by molar-refractivity contribution is 7.90. The first-order chi connectivity index (χ1) is 32.0. The molecule has 4 unspecified atom stereocenters. The van der Waals surface area contributed by atoms with Gasteiger partial charge >= 0.3 is 29.1 Å². The van der Waals surface area contributed by atoms with Crippen LogP contribution in [0.15, 0.2) is 60.7 Å². The topological polar surface area (TPSA) is 220 Å². The van der Waals surface area contributed by atoms with E-state index >= 15 is 0 Å². The van der Waals surface area contributed by atoms with Crippen molar-refractivity contribution >= 4 is 51.0 Å². The van der Waals surface area contributed by atoms with Crippen molar-refractivity contribution in [2.45, 2.75) is 124 Å². The second-order valence-corrected chi connectivity index (χ2v) is 25.8. The molecule has 0 aliphatic carbocycles. The van der Waals surface area contributed by atoms with Gasteiger partial charge in [-0.2, -0.15) is 0 Å². The number of urea groups is 1. The van der Waals surface area contributed by atoms with Gasteiger partial charge in [0.25, 0.3) is 0 Å². The van der Waals surface area contributed by atoms with Crippen molar-refractivity contribution in [3.8, 4) is 11.5 Å². The molecule has 4 atom stereocenters. The molecule has 2 aromatic carbocycles. The van der Waals surface area contributed by atoms with Gasteiger partial charge < -0.3 is 48.4 Å². The maximum Gasteiger partial charge on any atom is 0.457 e. The van der Waals surface area contributed by atoms with Crippen molar-refractivity contribution in [1.82, 2.24) is 25.6 Å². The number of carbonyl (C=O) groups is 4. The van der Waals surface area contributed by atoms with Crippen molar-refractivity contribution in [3.63, 3.8) is 0 Å². The molecule has 2 rings (SSSR count). The standard InChI is InChI=1S/C24H34N2O5Si.C10H25NO4SSi.C7H15NO2.C7H15NO/c1-4-20(2)23(27)29-18-17-26-24(28)25-16-11-19-32(3,30-21-12-7-5-8-13-21)31-22-14-9-6-10-15-22;1-6-10(2)16(12,13)11-8-7-9-17(5,14-3)15-4;1-3-6(2)7(10)8-4-5-9;1-5-6(2)7(9)8(3)4/h5-10,12-15,20H,4,11,16-19H2,1-3H3,(H2,25,26,28);10-11H,6-9H2,1-5H3;6,9H,3-5H2,1-2H3,(H,8,10);6H,5H2,1-4H3. The lowest BCUT2D eigenvalue weighted by molar-refractivity contribution is -0.147. The third-order valence-electron chi connectivity index (χ3n) is 10.9. The lowest BCUT2D eigenvalue weighted by atomic mass is 10.1. The van der Waals surface area contributed by atoms with E-state index in [0.717, 1.165) is 43.2 Å². The van der Waals surface area contributed by atoms with Crippen LogP contribution in [0.2, 0.25) is 25.2 Å². The molecule has 5 N–H and O–H groups in total. The monoisotopic (exact) mass is 1020 g/mol. The highest BCUT2D eigenvalue weighted by Crippen LogP contribution is 2.24. The van der Waals surface area contributed by atoms with Crippen LogP contribution in [0.5, 0.6) is 11.5 Å². The molecule has 0 heterocycles. The summed E-state index contributed by atoms with van der Waals surface area (Å²) >= 11 is 0. The molecular weight excluding hydrogens is 927 g/mol. The average molecular weight is 1020 g/mol. The molecule has 0 spiro atoms. The number of benzene rings is 2. The minimum absolute atomic E-state index is 0.0160. The predicted octanol–water partition coefficient (Wildman–Crippen LogP) is 7.22. The number of para-hydroxylation sites is 2. The Labute approximate surface area is 412 Å². The van der Waals surface area contributed by atoms with Crippen LogP contribution in [-0.2, 0) is 38.0 Å². The Kier molecular flexibility index (Phi) is 36.7. The first-order valence-corrected chi connectivity index (χ1v) is 30.5. The van der Waals surface area contributed by atoms with Crippen molar-refractivity contribution in [3.05, 3.63) is 60.7 Å². The molecular formula is C48H89N5O12SSi2. The molecule has 20 heteroatoms. The van der Waals surface area contributed by atoms with Gasteiger partial charge in [0.05, 0.1) is 24.3 Å². The summed E-state index contributed by atoms with van der Waals surface area (Å²) in [6.45, 7) is 20.9. The van der Waals surface area contributed by atoms with Crippen LogP contribution < -0.4 is 29.5 Å². The summed E-state index contributed by atoms with van der Waals surface area (Å²) < 4.78 is 54.3. The van der Waals surface area contributed by atoms with E-state index in [9.17, 15) is 27.6 Å². The number of rotatable bonds is 28. The number of hydrogen-bond donors (Lipinski definition) is 5. The van der Waals surface area contributed by atoms with Gasteiger partial charge in [0, 0.05) is 72.4 Å². The Balaban J connectivity index is 0. The van der Waals surface area contributed by atoms with E-state index in [4.69, 9.17) is 27.5 Å². The normalized spacial score (nSPS) is 12.9. The zero-order valence-corrected chi connectivity index (χ0v) is 46.6. The quantitative estimate of drug-likeness (QED) is 0.0324. The van der Waals surface area contributed by atoms with Crippen LogP contribution in [0, 0.1) is 17.8 Å². The van der Waals surface area contributed by atoms with Gasteiger partial charge in [0.15, 0.2) is 0 Å². The van der Waals surface area contributed by atoms with Gasteiger partial charge in [-0.05, 0) is 82.3 Å². The van der Waals surface area contributed by atoms with Crippen LogP contribution in [0.4, 0.5) is 4.79 Å². The molecule has 0 radical (unpaired) electrons. The van der Waals surface area contributed by atoms with Crippen LogP contribution >= 0.6 is 0 Å². The number of amides is 4. The Bertz CT molecular complexity index is 1710. The minimum atomic E-state index is -3.16. The number of ether oxygens (including phenoxy) is 1. The van der Waals surface area contributed by atoms with Crippen LogP contribution in [0.25, 0.3) is 0 Å². The zero-order chi connectivity index (χ0) is 52.2. The zero-order valence-electron chi connectivity index (χ0n) is 43.8. The molecule has 0 aromatic heterocycles. The third kappa shape index (κ3) is 31.1. The van der Waals surface area contributed by atoms with E-state index in [1.807, 2.05) is 122 Å². The molecule has 17 nitrogen and oxygen atoms in total. The molecule has 0 bridgehead atoms. The van der Waals surface area contributed by atoms with Gasteiger partial charge in [-0.25, -0.2) is 17.9 Å². The van der Waals surface area contributed by atoms with Crippen LogP contribution in [-0.4, -0.2) is 132 Å². The summed E-state index contributed by atoms with van der Waals surface area (Å²) in [5, 5.41) is 16.1. The Morgan fingerprint density at radius 1 is 0.647 bits per heavy atom. The smallest absolute Gasteiger partial charge is 0.457 e. The third-order valence-corrected chi connectivity index (χ3v) is 18.5. The second-order valence-electron chi connectivity index (χ2n) is 16.9. The van der Waals surface area contributed by atoms with E-state index < -0.39 is 27.1 Å². The predicted molar refractivity (Wildman–Crippen MR) is 276 cm³/mol. The Hall–Kier alpha value is -4.06. The van der Waals surface area contributed by atoms with Crippen molar-refractivity contribution in [2.24, 2.45) is 17.8 Å².